The number of allylic oxidation sites excluding steroid dienone is 1. The first-order valence-corrected chi connectivity index (χ1v) is 10.6. The summed E-state index contributed by atoms with van der Waals surface area (Å²) in [5, 5.41) is 18.3. The summed E-state index contributed by atoms with van der Waals surface area (Å²) in [4.78, 5) is 45.7. The number of Topliss-reactive ketones (excluding diaryl/α,β-unsaturated/α-hetero) is 1. The van der Waals surface area contributed by atoms with E-state index >= 15 is 0 Å². The largest absolute Gasteiger partial charge is 0.481 e. The highest BCUT2D eigenvalue weighted by Gasteiger charge is 2.32. The Balaban J connectivity index is 1.64. The van der Waals surface area contributed by atoms with Crippen molar-refractivity contribution in [2.75, 3.05) is 0 Å². The van der Waals surface area contributed by atoms with Gasteiger partial charge in [-0.3, -0.25) is 9.59 Å². The molecule has 2 atom stereocenters. The van der Waals surface area contributed by atoms with Gasteiger partial charge in [-0.1, -0.05) is 37.5 Å². The van der Waals surface area contributed by atoms with Gasteiger partial charge in [-0.2, -0.15) is 0 Å². The number of unbranched alkanes of at least 4 members (excludes halogenated alkanes) is 3. The Hall–Kier alpha value is -3.22. The molecule has 1 aromatic carbocycles. The van der Waals surface area contributed by atoms with E-state index in [0.29, 0.717) is 23.8 Å². The van der Waals surface area contributed by atoms with Crippen molar-refractivity contribution in [2.45, 2.75) is 51.4 Å². The van der Waals surface area contributed by atoms with Crippen LogP contribution in [-0.4, -0.2) is 27.9 Å². The number of hydrogen-bond donors (Lipinski definition) is 2. The van der Waals surface area contributed by atoms with Crippen LogP contribution >= 0.6 is 0 Å². The summed E-state index contributed by atoms with van der Waals surface area (Å²) in [7, 11) is 0. The molecule has 1 heterocycles. The van der Waals surface area contributed by atoms with Crippen molar-refractivity contribution in [3.8, 4) is 0 Å². The molecule has 1 saturated carbocycles. The number of aromatic carboxylic acids is 1. The van der Waals surface area contributed by atoms with Gasteiger partial charge in [-0.15, -0.1) is 0 Å². The van der Waals surface area contributed by atoms with Crippen LogP contribution in [0, 0.1) is 11.8 Å². The molecule has 0 bridgehead atoms. The highest BCUT2D eigenvalue weighted by atomic mass is 16.4. The Kier molecular flexibility index (Phi) is 7.39. The molecule has 31 heavy (non-hydrogen) atoms. The van der Waals surface area contributed by atoms with Gasteiger partial charge in [0.05, 0.1) is 0 Å². The van der Waals surface area contributed by atoms with E-state index in [0.717, 1.165) is 37.7 Å². The Labute approximate surface area is 179 Å². The summed E-state index contributed by atoms with van der Waals surface area (Å²) >= 11 is 0. The van der Waals surface area contributed by atoms with E-state index in [-0.39, 0.29) is 24.0 Å². The SMILES string of the molecule is O=C(O)CCCCCCC1C(=O)CCC1C=Cc1ccc2oc(=O)c(C(=O)O)cc2c1. The summed E-state index contributed by atoms with van der Waals surface area (Å²) in [5.74, 6) is -1.66. The van der Waals surface area contributed by atoms with E-state index in [4.69, 9.17) is 14.6 Å². The number of aliphatic carboxylic acids is 1. The van der Waals surface area contributed by atoms with Gasteiger partial charge in [0, 0.05) is 24.1 Å². The fourth-order valence-corrected chi connectivity index (χ4v) is 4.16. The maximum atomic E-state index is 12.3. The monoisotopic (exact) mass is 426 g/mol. The molecule has 2 unspecified atom stereocenters. The topological polar surface area (TPSA) is 122 Å². The number of fused-ring (bicyclic) bond motifs is 1. The second-order valence-corrected chi connectivity index (χ2v) is 8.03. The number of hydrogen-bond acceptors (Lipinski definition) is 5. The first-order chi connectivity index (χ1) is 14.8. The highest BCUT2D eigenvalue weighted by molar-refractivity contribution is 5.92. The lowest BCUT2D eigenvalue weighted by Gasteiger charge is -2.14. The van der Waals surface area contributed by atoms with Gasteiger partial charge in [0.2, 0.25) is 0 Å². The van der Waals surface area contributed by atoms with E-state index < -0.39 is 23.1 Å². The Morgan fingerprint density at radius 3 is 2.58 bits per heavy atom. The summed E-state index contributed by atoms with van der Waals surface area (Å²) in [5.41, 5.74) is -0.120. The number of benzene rings is 1. The number of carbonyl (C=O) groups excluding carboxylic acids is 1. The lowest BCUT2D eigenvalue weighted by Crippen LogP contribution is -2.13. The van der Waals surface area contributed by atoms with Crippen molar-refractivity contribution in [3.63, 3.8) is 0 Å². The molecule has 1 fully saturated rings. The molecule has 164 valence electrons. The van der Waals surface area contributed by atoms with Crippen LogP contribution in [0.2, 0.25) is 0 Å². The molecular formula is C24H26O7. The van der Waals surface area contributed by atoms with Crippen molar-refractivity contribution >= 4 is 34.8 Å². The molecule has 2 N–H and O–H groups in total. The van der Waals surface area contributed by atoms with Crippen molar-refractivity contribution in [1.29, 1.82) is 0 Å². The molecule has 7 nitrogen and oxygen atoms in total. The van der Waals surface area contributed by atoms with Crippen LogP contribution in [0.5, 0.6) is 0 Å². The average molecular weight is 426 g/mol. The summed E-state index contributed by atoms with van der Waals surface area (Å²) in [6.45, 7) is 0. The van der Waals surface area contributed by atoms with Gasteiger partial charge in [-0.25, -0.2) is 9.59 Å². The molecule has 2 aromatic rings. The Bertz CT molecular complexity index is 1060. The molecule has 7 heteroatoms. The smallest absolute Gasteiger partial charge is 0.351 e. The zero-order valence-electron chi connectivity index (χ0n) is 17.2. The van der Waals surface area contributed by atoms with Crippen LogP contribution in [0.15, 0.2) is 39.6 Å². The molecule has 1 aliphatic rings. The zero-order valence-corrected chi connectivity index (χ0v) is 17.2. The van der Waals surface area contributed by atoms with Crippen LogP contribution in [0.25, 0.3) is 17.0 Å². The minimum atomic E-state index is -1.33. The van der Waals surface area contributed by atoms with E-state index in [2.05, 4.69) is 0 Å². The molecule has 0 radical (unpaired) electrons. The average Bonchev–Trinajstić information content (AvgIpc) is 3.07. The fraction of sp³-hybridized carbons (Fsp3) is 0.417. The van der Waals surface area contributed by atoms with Crippen molar-refractivity contribution in [3.05, 3.63) is 51.9 Å². The van der Waals surface area contributed by atoms with E-state index in [9.17, 15) is 19.2 Å². The maximum Gasteiger partial charge on any atom is 0.351 e. The number of carbonyl (C=O) groups is 3. The molecule has 0 saturated heterocycles. The number of ketones is 1. The maximum absolute atomic E-state index is 12.3. The van der Waals surface area contributed by atoms with Crippen molar-refractivity contribution in [1.82, 2.24) is 0 Å². The molecule has 0 aliphatic heterocycles. The second-order valence-electron chi connectivity index (χ2n) is 8.03. The van der Waals surface area contributed by atoms with Gasteiger partial charge in [0.1, 0.15) is 16.9 Å². The zero-order chi connectivity index (χ0) is 22.4. The summed E-state index contributed by atoms with van der Waals surface area (Å²) < 4.78 is 5.07. The standard InChI is InChI=1S/C24H26O7/c25-20-11-10-16(18(20)5-3-1-2-4-6-22(26)27)9-7-15-8-12-21-17(13-15)14-19(23(28)29)24(30)31-21/h7-9,12-14,16,18H,1-6,10-11H2,(H,26,27)(H,28,29). The quantitative estimate of drug-likeness (QED) is 0.423. The highest BCUT2D eigenvalue weighted by Crippen LogP contribution is 2.34. The first kappa shape index (κ1) is 22.5. The van der Waals surface area contributed by atoms with Gasteiger partial charge in [-0.05, 0) is 48.9 Å². The van der Waals surface area contributed by atoms with Crippen LogP contribution in [0.3, 0.4) is 0 Å². The number of rotatable bonds is 10. The fourth-order valence-electron chi connectivity index (χ4n) is 4.16. The van der Waals surface area contributed by atoms with Gasteiger partial charge < -0.3 is 14.6 Å². The van der Waals surface area contributed by atoms with Crippen molar-refractivity contribution < 1.29 is 29.0 Å². The predicted octanol–water partition coefficient (Wildman–Crippen LogP) is 4.52. The van der Waals surface area contributed by atoms with Crippen LogP contribution in [0.1, 0.15) is 67.3 Å². The van der Waals surface area contributed by atoms with Crippen LogP contribution < -0.4 is 5.63 Å². The second kappa shape index (κ2) is 10.2. The Morgan fingerprint density at radius 1 is 1.06 bits per heavy atom. The lowest BCUT2D eigenvalue weighted by atomic mass is 9.89. The third-order valence-corrected chi connectivity index (χ3v) is 5.83. The van der Waals surface area contributed by atoms with Crippen LogP contribution in [-0.2, 0) is 9.59 Å². The van der Waals surface area contributed by atoms with Crippen molar-refractivity contribution in [2.24, 2.45) is 11.8 Å². The molecule has 0 spiro atoms. The minimum Gasteiger partial charge on any atom is -0.481 e. The van der Waals surface area contributed by atoms with Gasteiger partial charge in [0.15, 0.2) is 0 Å². The van der Waals surface area contributed by atoms with Crippen LogP contribution in [0.4, 0.5) is 0 Å². The molecule has 0 amide bonds. The molecular weight excluding hydrogens is 400 g/mol. The van der Waals surface area contributed by atoms with E-state index in [1.807, 2.05) is 12.2 Å². The third kappa shape index (κ3) is 5.90. The lowest BCUT2D eigenvalue weighted by molar-refractivity contribution is -0.137. The minimum absolute atomic E-state index is 0.00665. The first-order valence-electron chi connectivity index (χ1n) is 10.6. The Morgan fingerprint density at radius 2 is 1.84 bits per heavy atom. The molecule has 3 rings (SSSR count). The number of carboxylic acids is 2. The van der Waals surface area contributed by atoms with Gasteiger partial charge >= 0.3 is 17.6 Å². The van der Waals surface area contributed by atoms with E-state index in [1.165, 1.54) is 6.07 Å². The number of carboxylic acid groups (broad SMARTS) is 2. The molecule has 1 aromatic heterocycles. The molecule has 1 aliphatic carbocycles. The normalized spacial score (nSPS) is 18.8. The van der Waals surface area contributed by atoms with E-state index in [1.54, 1.807) is 18.2 Å². The summed E-state index contributed by atoms with van der Waals surface area (Å²) in [6.07, 6.45) is 9.72. The summed E-state index contributed by atoms with van der Waals surface area (Å²) in [6, 6.07) is 6.50. The van der Waals surface area contributed by atoms with Gasteiger partial charge in [0.25, 0.3) is 0 Å². The predicted molar refractivity (Wildman–Crippen MR) is 115 cm³/mol. The third-order valence-electron chi connectivity index (χ3n) is 5.83.